The van der Waals surface area contributed by atoms with Gasteiger partial charge in [0.25, 0.3) is 0 Å². The van der Waals surface area contributed by atoms with Crippen molar-refractivity contribution in [3.05, 3.63) is 5.82 Å². The molecule has 1 aromatic heterocycles. The summed E-state index contributed by atoms with van der Waals surface area (Å²) in [6, 6.07) is 0.628. The van der Waals surface area contributed by atoms with Gasteiger partial charge in [-0.05, 0) is 39.7 Å². The first-order chi connectivity index (χ1) is 9.17. The van der Waals surface area contributed by atoms with Gasteiger partial charge in [0, 0.05) is 23.3 Å². The van der Waals surface area contributed by atoms with Gasteiger partial charge < -0.3 is 15.0 Å². The Labute approximate surface area is 118 Å². The molecular formula is C13H22N4OS. The Morgan fingerprint density at radius 1 is 1.37 bits per heavy atom. The normalized spacial score (nSPS) is 22.5. The molecule has 5 nitrogen and oxygen atoms in total. The van der Waals surface area contributed by atoms with Gasteiger partial charge in [-0.2, -0.15) is 0 Å². The van der Waals surface area contributed by atoms with Crippen LogP contribution in [0.1, 0.15) is 50.4 Å². The van der Waals surface area contributed by atoms with Crippen molar-refractivity contribution in [1.29, 1.82) is 0 Å². The third kappa shape index (κ3) is 2.80. The number of nitrogens with one attached hydrogen (secondary N) is 1. The van der Waals surface area contributed by atoms with Crippen LogP contribution in [-0.4, -0.2) is 44.8 Å². The molecule has 1 aromatic rings. The highest BCUT2D eigenvalue weighted by Gasteiger charge is 2.36. The maximum Gasteiger partial charge on any atom is 0.191 e. The first-order valence-corrected chi connectivity index (χ1v) is 8.03. The second-order valence-corrected chi connectivity index (χ2v) is 6.92. The first kappa shape index (κ1) is 13.4. The number of aliphatic hydroxyl groups is 1. The van der Waals surface area contributed by atoms with Gasteiger partial charge in [-0.25, -0.2) is 0 Å². The van der Waals surface area contributed by atoms with Crippen LogP contribution in [-0.2, 0) is 0 Å². The van der Waals surface area contributed by atoms with Crippen molar-refractivity contribution in [2.45, 2.75) is 55.3 Å². The molecule has 1 atom stereocenters. The van der Waals surface area contributed by atoms with Crippen LogP contribution in [0.5, 0.6) is 0 Å². The number of rotatable bonds is 7. The van der Waals surface area contributed by atoms with E-state index in [-0.39, 0.29) is 12.1 Å². The summed E-state index contributed by atoms with van der Waals surface area (Å²) >= 11 is 1.70. The lowest BCUT2D eigenvalue weighted by molar-refractivity contribution is 0.200. The van der Waals surface area contributed by atoms with Gasteiger partial charge in [-0.15, -0.1) is 10.2 Å². The Kier molecular flexibility index (Phi) is 3.57. The van der Waals surface area contributed by atoms with Crippen LogP contribution >= 0.6 is 11.8 Å². The van der Waals surface area contributed by atoms with Gasteiger partial charge in [-0.1, -0.05) is 11.8 Å². The maximum absolute atomic E-state index is 9.44. The monoisotopic (exact) mass is 282 g/mol. The number of aromatic nitrogens is 3. The average molecular weight is 282 g/mol. The molecule has 2 aliphatic carbocycles. The SMILES string of the molecule is CNC(C)(CO)CSc1nnc(C2CC2)n1C1CC1. The molecule has 3 rings (SSSR count). The molecule has 2 saturated carbocycles. The summed E-state index contributed by atoms with van der Waals surface area (Å²) in [5.41, 5.74) is -0.259. The Hall–Kier alpha value is -0.590. The van der Waals surface area contributed by atoms with E-state index in [9.17, 15) is 5.11 Å². The number of hydrogen-bond acceptors (Lipinski definition) is 5. The van der Waals surface area contributed by atoms with Crippen molar-refractivity contribution in [3.63, 3.8) is 0 Å². The first-order valence-electron chi connectivity index (χ1n) is 7.04. The van der Waals surface area contributed by atoms with Gasteiger partial charge in [0.2, 0.25) is 0 Å². The molecule has 1 heterocycles. The molecule has 6 heteroatoms. The molecule has 0 saturated heterocycles. The summed E-state index contributed by atoms with van der Waals surface area (Å²) < 4.78 is 2.36. The quantitative estimate of drug-likeness (QED) is 0.743. The van der Waals surface area contributed by atoms with Crippen molar-refractivity contribution >= 4 is 11.8 Å². The van der Waals surface area contributed by atoms with Crippen LogP contribution in [0.4, 0.5) is 0 Å². The van der Waals surface area contributed by atoms with Crippen LogP contribution < -0.4 is 5.32 Å². The Morgan fingerprint density at radius 3 is 2.63 bits per heavy atom. The van der Waals surface area contributed by atoms with Crippen molar-refractivity contribution in [2.75, 3.05) is 19.4 Å². The molecule has 2 fully saturated rings. The molecule has 0 spiro atoms. The molecule has 19 heavy (non-hydrogen) atoms. The summed E-state index contributed by atoms with van der Waals surface area (Å²) in [6.07, 6.45) is 5.05. The average Bonchev–Trinajstić information content (AvgIpc) is 3.34. The van der Waals surface area contributed by atoms with Crippen LogP contribution in [0.3, 0.4) is 0 Å². The number of aliphatic hydroxyl groups excluding tert-OH is 1. The van der Waals surface area contributed by atoms with E-state index in [0.29, 0.717) is 12.0 Å². The number of nitrogens with zero attached hydrogens (tertiary/aromatic N) is 3. The fraction of sp³-hybridized carbons (Fsp3) is 0.846. The third-order valence-electron chi connectivity index (χ3n) is 4.02. The van der Waals surface area contributed by atoms with Crippen LogP contribution in [0.2, 0.25) is 0 Å². The molecule has 0 aliphatic heterocycles. The smallest absolute Gasteiger partial charge is 0.191 e. The predicted octanol–water partition coefficient (Wildman–Crippen LogP) is 1.55. The zero-order valence-electron chi connectivity index (χ0n) is 11.6. The van der Waals surface area contributed by atoms with E-state index < -0.39 is 0 Å². The Morgan fingerprint density at radius 2 is 2.11 bits per heavy atom. The summed E-state index contributed by atoms with van der Waals surface area (Å²) in [5, 5.41) is 22.4. The summed E-state index contributed by atoms with van der Waals surface area (Å²) in [6.45, 7) is 2.16. The molecule has 2 aliphatic rings. The number of hydrogen-bond donors (Lipinski definition) is 2. The standard InChI is InChI=1S/C13H22N4OS/c1-13(7-18,14-2)8-19-12-16-15-11(9-3-4-9)17(12)10-5-6-10/h9-10,14,18H,3-8H2,1-2H3. The summed E-state index contributed by atoms with van der Waals surface area (Å²) in [7, 11) is 1.89. The minimum Gasteiger partial charge on any atom is -0.394 e. The van der Waals surface area contributed by atoms with Crippen LogP contribution in [0.25, 0.3) is 0 Å². The van der Waals surface area contributed by atoms with Gasteiger partial charge in [0.05, 0.1) is 6.61 Å². The zero-order chi connectivity index (χ0) is 13.5. The third-order valence-corrected chi connectivity index (χ3v) is 5.34. The molecule has 1 unspecified atom stereocenters. The minimum atomic E-state index is -0.259. The van der Waals surface area contributed by atoms with E-state index in [0.717, 1.165) is 10.9 Å². The maximum atomic E-state index is 9.44. The Bertz CT molecular complexity index is 449. The van der Waals surface area contributed by atoms with E-state index in [4.69, 9.17) is 0 Å². The molecular weight excluding hydrogens is 260 g/mol. The predicted molar refractivity (Wildman–Crippen MR) is 75.5 cm³/mol. The molecule has 0 aromatic carbocycles. The topological polar surface area (TPSA) is 63.0 Å². The van der Waals surface area contributed by atoms with Gasteiger partial charge >= 0.3 is 0 Å². The fourth-order valence-electron chi connectivity index (χ4n) is 2.10. The Balaban J connectivity index is 1.73. The fourth-order valence-corrected chi connectivity index (χ4v) is 3.27. The highest BCUT2D eigenvalue weighted by Crippen LogP contribution is 2.46. The van der Waals surface area contributed by atoms with Crippen molar-refractivity contribution in [1.82, 2.24) is 20.1 Å². The van der Waals surface area contributed by atoms with E-state index >= 15 is 0 Å². The van der Waals surface area contributed by atoms with E-state index in [1.165, 1.54) is 31.5 Å². The lowest BCUT2D eigenvalue weighted by atomic mass is 10.1. The second kappa shape index (κ2) is 5.07. The van der Waals surface area contributed by atoms with Crippen LogP contribution in [0, 0.1) is 0 Å². The number of thioether (sulfide) groups is 1. The van der Waals surface area contributed by atoms with Gasteiger partial charge in [-0.3, -0.25) is 0 Å². The summed E-state index contributed by atoms with van der Waals surface area (Å²) in [4.78, 5) is 0. The van der Waals surface area contributed by atoms with E-state index in [1.807, 2.05) is 14.0 Å². The minimum absolute atomic E-state index is 0.129. The molecule has 2 N–H and O–H groups in total. The van der Waals surface area contributed by atoms with Crippen molar-refractivity contribution in [3.8, 4) is 0 Å². The highest BCUT2D eigenvalue weighted by molar-refractivity contribution is 7.99. The number of likely N-dealkylation sites (N-methyl/N-ethyl adjacent to an activating group) is 1. The highest BCUT2D eigenvalue weighted by atomic mass is 32.2. The van der Waals surface area contributed by atoms with Crippen molar-refractivity contribution < 1.29 is 5.11 Å². The second-order valence-electron chi connectivity index (χ2n) is 5.97. The molecule has 0 amide bonds. The van der Waals surface area contributed by atoms with Gasteiger partial charge in [0.1, 0.15) is 5.82 Å². The van der Waals surface area contributed by atoms with Crippen LogP contribution in [0.15, 0.2) is 5.16 Å². The van der Waals surface area contributed by atoms with E-state index in [2.05, 4.69) is 20.1 Å². The molecule has 0 bridgehead atoms. The largest absolute Gasteiger partial charge is 0.394 e. The van der Waals surface area contributed by atoms with E-state index in [1.54, 1.807) is 11.8 Å². The molecule has 106 valence electrons. The summed E-state index contributed by atoms with van der Waals surface area (Å²) in [5.74, 6) is 2.64. The molecule has 0 radical (unpaired) electrons. The zero-order valence-corrected chi connectivity index (χ0v) is 12.4. The van der Waals surface area contributed by atoms with Crippen molar-refractivity contribution in [2.24, 2.45) is 0 Å². The van der Waals surface area contributed by atoms with Gasteiger partial charge in [0.15, 0.2) is 5.16 Å². The lowest BCUT2D eigenvalue weighted by Gasteiger charge is -2.26. The lowest BCUT2D eigenvalue weighted by Crippen LogP contribution is -2.45.